The van der Waals surface area contributed by atoms with Crippen LogP contribution in [0.4, 0.5) is 11.6 Å². The van der Waals surface area contributed by atoms with Crippen LogP contribution in [0.25, 0.3) is 0 Å². The van der Waals surface area contributed by atoms with Crippen LogP contribution in [0.3, 0.4) is 0 Å². The first-order valence-electron chi connectivity index (χ1n) is 6.08. The van der Waals surface area contributed by atoms with Gasteiger partial charge in [-0.05, 0) is 18.8 Å². The fourth-order valence-electron chi connectivity index (χ4n) is 1.51. The molecular weight excluding hydrogens is 216 g/mol. The Kier molecular flexibility index (Phi) is 4.14. The molecule has 1 saturated carbocycles. The first-order chi connectivity index (χ1) is 8.29. The summed E-state index contributed by atoms with van der Waals surface area (Å²) in [6.07, 6.45) is 6.15. The molecule has 0 spiro atoms. The predicted molar refractivity (Wildman–Crippen MR) is 68.4 cm³/mol. The van der Waals surface area contributed by atoms with Crippen molar-refractivity contribution in [2.45, 2.75) is 12.8 Å². The van der Waals surface area contributed by atoms with E-state index in [1.54, 1.807) is 12.4 Å². The van der Waals surface area contributed by atoms with Gasteiger partial charge in [-0.15, -0.1) is 0 Å². The van der Waals surface area contributed by atoms with Gasteiger partial charge in [0.15, 0.2) is 0 Å². The van der Waals surface area contributed by atoms with Crippen LogP contribution in [0.1, 0.15) is 12.8 Å². The summed E-state index contributed by atoms with van der Waals surface area (Å²) in [5, 5.41) is 2.98. The maximum atomic E-state index is 5.60. The Bertz CT molecular complexity index is 354. The van der Waals surface area contributed by atoms with Crippen molar-refractivity contribution in [1.29, 1.82) is 0 Å². The van der Waals surface area contributed by atoms with Crippen molar-refractivity contribution in [1.82, 2.24) is 9.97 Å². The molecule has 0 aliphatic heterocycles. The van der Waals surface area contributed by atoms with Gasteiger partial charge in [-0.3, -0.25) is 4.98 Å². The Labute approximate surface area is 102 Å². The zero-order valence-corrected chi connectivity index (χ0v) is 10.5. The van der Waals surface area contributed by atoms with Crippen LogP contribution >= 0.6 is 0 Å². The van der Waals surface area contributed by atoms with Crippen LogP contribution in [0.2, 0.25) is 0 Å². The minimum absolute atomic E-state index is 0.748. The van der Waals surface area contributed by atoms with Gasteiger partial charge in [0.1, 0.15) is 11.6 Å². The van der Waals surface area contributed by atoms with Crippen molar-refractivity contribution >= 4 is 11.6 Å². The number of nitrogens with zero attached hydrogens (tertiary/aromatic N) is 3. The van der Waals surface area contributed by atoms with Gasteiger partial charge in [0.2, 0.25) is 0 Å². The van der Waals surface area contributed by atoms with E-state index in [4.69, 9.17) is 4.74 Å². The third kappa shape index (κ3) is 3.85. The summed E-state index contributed by atoms with van der Waals surface area (Å²) >= 11 is 0. The molecule has 2 rings (SSSR count). The second-order valence-corrected chi connectivity index (χ2v) is 4.45. The molecule has 1 aliphatic rings. The molecular formula is C12H20N4O. The Hall–Kier alpha value is -1.36. The lowest BCUT2D eigenvalue weighted by Crippen LogP contribution is -2.24. The highest BCUT2D eigenvalue weighted by Crippen LogP contribution is 2.28. The summed E-state index contributed by atoms with van der Waals surface area (Å²) in [5.41, 5.74) is 0. The third-order valence-corrected chi connectivity index (χ3v) is 2.89. The van der Waals surface area contributed by atoms with Gasteiger partial charge in [0, 0.05) is 27.2 Å². The Morgan fingerprint density at radius 1 is 1.47 bits per heavy atom. The summed E-state index contributed by atoms with van der Waals surface area (Å²) in [7, 11) is 3.84. The largest absolute Gasteiger partial charge is 0.379 e. The minimum atomic E-state index is 0.748. The van der Waals surface area contributed by atoms with Gasteiger partial charge < -0.3 is 15.0 Å². The quantitative estimate of drug-likeness (QED) is 0.725. The number of hydrogen-bond acceptors (Lipinski definition) is 5. The van der Waals surface area contributed by atoms with Crippen LogP contribution in [0, 0.1) is 5.92 Å². The molecule has 5 heteroatoms. The smallest absolute Gasteiger partial charge is 0.149 e. The molecule has 1 N–H and O–H groups in total. The van der Waals surface area contributed by atoms with E-state index in [1.165, 1.54) is 12.8 Å². The molecule has 1 aromatic heterocycles. The van der Waals surface area contributed by atoms with Crippen molar-refractivity contribution in [2.75, 3.05) is 44.1 Å². The number of anilines is 2. The van der Waals surface area contributed by atoms with Crippen LogP contribution in [0.5, 0.6) is 0 Å². The molecule has 17 heavy (non-hydrogen) atoms. The van der Waals surface area contributed by atoms with Crippen molar-refractivity contribution < 1.29 is 4.74 Å². The second kappa shape index (κ2) is 5.82. The monoisotopic (exact) mass is 236 g/mol. The molecule has 1 fully saturated rings. The fourth-order valence-corrected chi connectivity index (χ4v) is 1.51. The Morgan fingerprint density at radius 3 is 3.00 bits per heavy atom. The highest BCUT2D eigenvalue weighted by Gasteiger charge is 2.20. The van der Waals surface area contributed by atoms with E-state index in [2.05, 4.69) is 20.2 Å². The van der Waals surface area contributed by atoms with E-state index in [9.17, 15) is 0 Å². The van der Waals surface area contributed by atoms with Crippen molar-refractivity contribution in [2.24, 2.45) is 5.92 Å². The standard InChI is InChI=1S/C12H20N4O/c1-13-11-7-14-8-12(15-11)16(2)5-6-17-9-10-3-4-10/h7-8,10H,3-6,9H2,1-2H3,(H,13,15). The molecule has 0 aromatic carbocycles. The highest BCUT2D eigenvalue weighted by molar-refractivity contribution is 5.42. The molecule has 94 valence electrons. The SMILES string of the molecule is CNc1cncc(N(C)CCOCC2CC2)n1. The molecule has 0 atom stereocenters. The summed E-state index contributed by atoms with van der Waals surface area (Å²) in [6, 6.07) is 0. The topological polar surface area (TPSA) is 50.3 Å². The first-order valence-corrected chi connectivity index (χ1v) is 6.08. The average molecular weight is 236 g/mol. The van der Waals surface area contributed by atoms with Gasteiger partial charge in [-0.2, -0.15) is 0 Å². The number of ether oxygens (including phenoxy) is 1. The molecule has 1 aromatic rings. The number of likely N-dealkylation sites (N-methyl/N-ethyl adjacent to an activating group) is 1. The Balaban J connectivity index is 1.74. The molecule has 0 unspecified atom stereocenters. The molecule has 5 nitrogen and oxygen atoms in total. The summed E-state index contributed by atoms with van der Waals surface area (Å²) in [4.78, 5) is 10.6. The lowest BCUT2D eigenvalue weighted by molar-refractivity contribution is 0.131. The zero-order valence-electron chi connectivity index (χ0n) is 10.5. The van der Waals surface area contributed by atoms with Crippen LogP contribution in [-0.2, 0) is 4.74 Å². The summed E-state index contributed by atoms with van der Waals surface area (Å²) < 4.78 is 5.60. The number of rotatable bonds is 7. The fraction of sp³-hybridized carbons (Fsp3) is 0.667. The van der Waals surface area contributed by atoms with E-state index in [1.807, 2.05) is 14.1 Å². The molecule has 0 bridgehead atoms. The zero-order chi connectivity index (χ0) is 12.1. The van der Waals surface area contributed by atoms with E-state index >= 15 is 0 Å². The third-order valence-electron chi connectivity index (χ3n) is 2.89. The maximum absolute atomic E-state index is 5.60. The van der Waals surface area contributed by atoms with E-state index in [0.29, 0.717) is 0 Å². The van der Waals surface area contributed by atoms with Gasteiger partial charge in [0.05, 0.1) is 19.0 Å². The summed E-state index contributed by atoms with van der Waals surface area (Å²) in [5.74, 6) is 2.48. The van der Waals surface area contributed by atoms with Crippen LogP contribution in [-0.4, -0.2) is 43.8 Å². The van der Waals surface area contributed by atoms with Gasteiger partial charge in [-0.1, -0.05) is 0 Å². The van der Waals surface area contributed by atoms with Crippen molar-refractivity contribution in [3.8, 4) is 0 Å². The predicted octanol–water partition coefficient (Wildman–Crippen LogP) is 1.38. The number of hydrogen-bond donors (Lipinski definition) is 1. The maximum Gasteiger partial charge on any atom is 0.149 e. The molecule has 0 radical (unpaired) electrons. The molecule has 1 heterocycles. The first kappa shape index (κ1) is 12.1. The number of nitrogens with one attached hydrogen (secondary N) is 1. The second-order valence-electron chi connectivity index (χ2n) is 4.45. The minimum Gasteiger partial charge on any atom is -0.379 e. The van der Waals surface area contributed by atoms with Crippen LogP contribution < -0.4 is 10.2 Å². The van der Waals surface area contributed by atoms with Crippen LogP contribution in [0.15, 0.2) is 12.4 Å². The number of aromatic nitrogens is 2. The molecule has 0 saturated heterocycles. The van der Waals surface area contributed by atoms with E-state index in [-0.39, 0.29) is 0 Å². The van der Waals surface area contributed by atoms with Crippen molar-refractivity contribution in [3.05, 3.63) is 12.4 Å². The Morgan fingerprint density at radius 2 is 2.29 bits per heavy atom. The van der Waals surface area contributed by atoms with Gasteiger partial charge in [0.25, 0.3) is 0 Å². The highest BCUT2D eigenvalue weighted by atomic mass is 16.5. The lowest BCUT2D eigenvalue weighted by atomic mass is 10.4. The summed E-state index contributed by atoms with van der Waals surface area (Å²) in [6.45, 7) is 2.50. The average Bonchev–Trinajstić information content (AvgIpc) is 3.18. The molecule has 1 aliphatic carbocycles. The normalized spacial score (nSPS) is 14.7. The van der Waals surface area contributed by atoms with E-state index in [0.717, 1.165) is 37.3 Å². The van der Waals surface area contributed by atoms with Crippen molar-refractivity contribution in [3.63, 3.8) is 0 Å². The van der Waals surface area contributed by atoms with E-state index < -0.39 is 0 Å². The van der Waals surface area contributed by atoms with Gasteiger partial charge >= 0.3 is 0 Å². The lowest BCUT2D eigenvalue weighted by Gasteiger charge is -2.18. The van der Waals surface area contributed by atoms with Gasteiger partial charge in [-0.25, -0.2) is 4.98 Å². The molecule has 0 amide bonds.